The first-order valence-corrected chi connectivity index (χ1v) is 10.9. The first kappa shape index (κ1) is 24.1. The molecule has 1 aliphatic carbocycles. The molecule has 182 valence electrons. The molecular formula is C26H22F3NO5. The second-order valence-corrected chi connectivity index (χ2v) is 8.05. The van der Waals surface area contributed by atoms with Crippen LogP contribution in [0.15, 0.2) is 72.8 Å². The van der Waals surface area contributed by atoms with Gasteiger partial charge in [0.15, 0.2) is 0 Å². The number of hydrogen-bond acceptors (Lipinski definition) is 4. The van der Waals surface area contributed by atoms with E-state index in [0.29, 0.717) is 0 Å². The minimum absolute atomic E-state index is 0.00839. The number of aryl methyl sites for hydroxylation is 1. The highest BCUT2D eigenvalue weighted by Crippen LogP contribution is 2.44. The molecule has 0 aliphatic heterocycles. The van der Waals surface area contributed by atoms with E-state index in [0.717, 1.165) is 28.3 Å². The third-order valence-corrected chi connectivity index (χ3v) is 5.83. The number of ether oxygens (including phenoxy) is 2. The highest BCUT2D eigenvalue weighted by Gasteiger charge is 2.32. The number of para-hydroxylation sites is 1. The summed E-state index contributed by atoms with van der Waals surface area (Å²) in [4.78, 5) is 24.1. The Kier molecular flexibility index (Phi) is 6.95. The minimum Gasteiger partial charge on any atom is -0.480 e. The van der Waals surface area contributed by atoms with Crippen LogP contribution in [0.1, 0.15) is 29.0 Å². The Bertz CT molecular complexity index is 1180. The van der Waals surface area contributed by atoms with Gasteiger partial charge in [0.1, 0.15) is 18.4 Å². The van der Waals surface area contributed by atoms with Gasteiger partial charge in [0, 0.05) is 5.92 Å². The zero-order valence-electron chi connectivity index (χ0n) is 18.4. The Morgan fingerprint density at radius 3 is 2.09 bits per heavy atom. The summed E-state index contributed by atoms with van der Waals surface area (Å²) in [6.45, 7) is 0.00839. The number of carbonyl (C=O) groups excluding carboxylic acids is 1. The van der Waals surface area contributed by atoms with Crippen molar-refractivity contribution < 1.29 is 37.3 Å². The third kappa shape index (κ3) is 5.74. The van der Waals surface area contributed by atoms with Gasteiger partial charge in [-0.3, -0.25) is 0 Å². The van der Waals surface area contributed by atoms with Crippen LogP contribution in [0.2, 0.25) is 0 Å². The van der Waals surface area contributed by atoms with Crippen LogP contribution in [-0.4, -0.2) is 36.2 Å². The Morgan fingerprint density at radius 2 is 1.49 bits per heavy atom. The molecule has 6 nitrogen and oxygen atoms in total. The highest BCUT2D eigenvalue weighted by molar-refractivity contribution is 5.81. The summed E-state index contributed by atoms with van der Waals surface area (Å²) in [5, 5.41) is 11.8. The number of benzene rings is 3. The van der Waals surface area contributed by atoms with Gasteiger partial charge < -0.3 is 19.9 Å². The molecule has 0 saturated heterocycles. The minimum atomic E-state index is -4.87. The number of aliphatic carboxylic acids is 1. The lowest BCUT2D eigenvalue weighted by molar-refractivity contribution is -0.274. The van der Waals surface area contributed by atoms with Crippen LogP contribution in [0.25, 0.3) is 11.1 Å². The average Bonchev–Trinajstić information content (AvgIpc) is 3.14. The fraction of sp³-hybridized carbons (Fsp3) is 0.231. The molecule has 0 aromatic heterocycles. The molecule has 4 rings (SSSR count). The number of carbonyl (C=O) groups is 2. The van der Waals surface area contributed by atoms with Crippen molar-refractivity contribution in [1.82, 2.24) is 5.32 Å². The predicted octanol–water partition coefficient (Wildman–Crippen LogP) is 5.51. The maximum Gasteiger partial charge on any atom is 0.573 e. The van der Waals surface area contributed by atoms with Crippen molar-refractivity contribution in [1.29, 1.82) is 0 Å². The van der Waals surface area contributed by atoms with E-state index in [1.807, 2.05) is 48.5 Å². The summed E-state index contributed by atoms with van der Waals surface area (Å²) in [7, 11) is 0. The molecule has 0 heterocycles. The largest absolute Gasteiger partial charge is 0.573 e. The van der Waals surface area contributed by atoms with E-state index in [1.165, 1.54) is 18.2 Å². The number of nitrogens with one attached hydrogen (secondary N) is 1. The molecule has 9 heteroatoms. The van der Waals surface area contributed by atoms with Gasteiger partial charge in [-0.15, -0.1) is 13.2 Å². The van der Waals surface area contributed by atoms with E-state index in [-0.39, 0.29) is 30.9 Å². The number of halogens is 3. The Hall–Kier alpha value is -4.01. The second kappa shape index (κ2) is 10.1. The van der Waals surface area contributed by atoms with Crippen molar-refractivity contribution in [2.75, 3.05) is 6.61 Å². The van der Waals surface area contributed by atoms with Crippen molar-refractivity contribution in [3.63, 3.8) is 0 Å². The summed E-state index contributed by atoms with van der Waals surface area (Å²) in [5.74, 6) is -1.93. The van der Waals surface area contributed by atoms with Crippen molar-refractivity contribution in [2.24, 2.45) is 0 Å². The van der Waals surface area contributed by atoms with Gasteiger partial charge in [0.2, 0.25) is 0 Å². The lowest BCUT2D eigenvalue weighted by Gasteiger charge is -2.18. The number of amides is 1. The third-order valence-electron chi connectivity index (χ3n) is 5.83. The summed E-state index contributed by atoms with van der Waals surface area (Å²) < 4.78 is 47.3. The van der Waals surface area contributed by atoms with Crippen LogP contribution in [-0.2, 0) is 16.0 Å². The van der Waals surface area contributed by atoms with Gasteiger partial charge in [-0.25, -0.2) is 9.59 Å². The van der Waals surface area contributed by atoms with Gasteiger partial charge in [-0.1, -0.05) is 66.7 Å². The van der Waals surface area contributed by atoms with Crippen LogP contribution in [0.3, 0.4) is 0 Å². The highest BCUT2D eigenvalue weighted by atomic mass is 19.4. The van der Waals surface area contributed by atoms with E-state index in [2.05, 4.69) is 10.1 Å². The van der Waals surface area contributed by atoms with Crippen LogP contribution in [0, 0.1) is 0 Å². The van der Waals surface area contributed by atoms with Gasteiger partial charge in [-0.2, -0.15) is 0 Å². The van der Waals surface area contributed by atoms with Crippen molar-refractivity contribution >= 4 is 12.1 Å². The molecule has 3 aromatic rings. The lowest BCUT2D eigenvalue weighted by atomic mass is 9.98. The van der Waals surface area contributed by atoms with Gasteiger partial charge in [0.25, 0.3) is 0 Å². The van der Waals surface area contributed by atoms with Gasteiger partial charge in [0.05, 0.1) is 0 Å². The van der Waals surface area contributed by atoms with Crippen molar-refractivity contribution in [3.8, 4) is 16.9 Å². The molecule has 3 aromatic carbocycles. The fourth-order valence-corrected chi connectivity index (χ4v) is 4.27. The van der Waals surface area contributed by atoms with E-state index in [4.69, 9.17) is 4.74 Å². The monoisotopic (exact) mass is 485 g/mol. The van der Waals surface area contributed by atoms with Crippen LogP contribution in [0.4, 0.5) is 18.0 Å². The second-order valence-electron chi connectivity index (χ2n) is 8.05. The molecule has 0 spiro atoms. The molecule has 0 unspecified atom stereocenters. The normalized spacial score (nSPS) is 13.5. The molecule has 1 atom stereocenters. The number of alkyl carbamates (subject to hydrolysis) is 1. The molecule has 0 fully saturated rings. The molecular weight excluding hydrogens is 463 g/mol. The average molecular weight is 485 g/mol. The number of fused-ring (bicyclic) bond motifs is 3. The quantitative estimate of drug-likeness (QED) is 0.440. The van der Waals surface area contributed by atoms with E-state index in [1.54, 1.807) is 0 Å². The molecule has 2 N–H and O–H groups in total. The summed E-state index contributed by atoms with van der Waals surface area (Å²) >= 11 is 0. The Labute approximate surface area is 199 Å². The number of hydrogen-bond donors (Lipinski definition) is 2. The molecule has 1 amide bonds. The van der Waals surface area contributed by atoms with E-state index in [9.17, 15) is 27.9 Å². The maximum absolute atomic E-state index is 12.6. The first-order valence-electron chi connectivity index (χ1n) is 10.9. The SMILES string of the molecule is O=C(N[C@@H](CCc1ccccc1OC(F)(F)F)C(=O)O)OCC1c2ccccc2-c2ccccc21. The number of carboxylic acid groups (broad SMARTS) is 1. The van der Waals surface area contributed by atoms with Crippen molar-refractivity contribution in [2.45, 2.75) is 31.2 Å². The summed E-state index contributed by atoms with van der Waals surface area (Å²) in [5.41, 5.74) is 4.31. The Balaban J connectivity index is 1.38. The van der Waals surface area contributed by atoms with Gasteiger partial charge in [-0.05, 0) is 46.7 Å². The molecule has 35 heavy (non-hydrogen) atoms. The molecule has 0 radical (unpaired) electrons. The molecule has 1 aliphatic rings. The van der Waals surface area contributed by atoms with E-state index < -0.39 is 30.2 Å². The maximum atomic E-state index is 12.6. The standard InChI is InChI=1S/C26H22F3NO5/c27-26(28,29)35-23-12-6-1-7-16(23)13-14-22(24(31)32)30-25(33)34-15-21-19-10-4-2-8-17(19)18-9-3-5-11-20(18)21/h1-12,21-22H,13-15H2,(H,30,33)(H,31,32)/t22-/m0/s1. The number of carboxylic acids is 1. The molecule has 0 bridgehead atoms. The van der Waals surface area contributed by atoms with Crippen LogP contribution >= 0.6 is 0 Å². The van der Waals surface area contributed by atoms with Crippen molar-refractivity contribution in [3.05, 3.63) is 89.5 Å². The summed E-state index contributed by atoms with van der Waals surface area (Å²) in [6.07, 6.45) is -6.01. The topological polar surface area (TPSA) is 84.9 Å². The first-order chi connectivity index (χ1) is 16.7. The fourth-order valence-electron chi connectivity index (χ4n) is 4.27. The van der Waals surface area contributed by atoms with Crippen LogP contribution < -0.4 is 10.1 Å². The van der Waals surface area contributed by atoms with Crippen LogP contribution in [0.5, 0.6) is 5.75 Å². The number of rotatable bonds is 8. The summed E-state index contributed by atoms with van der Waals surface area (Å²) in [6, 6.07) is 19.7. The number of alkyl halides is 3. The lowest BCUT2D eigenvalue weighted by Crippen LogP contribution is -2.41. The zero-order chi connectivity index (χ0) is 25.0. The molecule has 0 saturated carbocycles. The van der Waals surface area contributed by atoms with E-state index >= 15 is 0 Å². The predicted molar refractivity (Wildman–Crippen MR) is 121 cm³/mol. The Morgan fingerprint density at radius 1 is 0.914 bits per heavy atom. The smallest absolute Gasteiger partial charge is 0.480 e. The zero-order valence-corrected chi connectivity index (χ0v) is 18.4. The van der Waals surface area contributed by atoms with Gasteiger partial charge >= 0.3 is 18.4 Å².